The number of hydrogen-bond acceptors (Lipinski definition) is 10. The van der Waals surface area contributed by atoms with E-state index >= 15 is 0 Å². The minimum absolute atomic E-state index is 0.398. The van der Waals surface area contributed by atoms with Crippen LogP contribution in [-0.2, 0) is 4.57 Å². The molecule has 2 fully saturated rings. The van der Waals surface area contributed by atoms with Gasteiger partial charge in [-0.15, -0.1) is 0 Å². The van der Waals surface area contributed by atoms with E-state index in [2.05, 4.69) is 54.5 Å². The molecule has 1 aromatic carbocycles. The molecule has 45 heavy (non-hydrogen) atoms. The molecule has 234 valence electrons. The maximum atomic E-state index is 13.4. The predicted molar refractivity (Wildman–Crippen MR) is 180 cm³/mol. The number of anilines is 5. The average Bonchev–Trinajstić information content (AvgIpc) is 3.70. The fourth-order valence-electron chi connectivity index (χ4n) is 7.11. The van der Waals surface area contributed by atoms with Gasteiger partial charge in [0, 0.05) is 75.3 Å². The highest BCUT2D eigenvalue weighted by Gasteiger charge is 2.36. The number of piperidine rings is 1. The summed E-state index contributed by atoms with van der Waals surface area (Å²) in [5, 5.41) is 8.36. The van der Waals surface area contributed by atoms with Gasteiger partial charge in [0.15, 0.2) is 0 Å². The summed E-state index contributed by atoms with van der Waals surface area (Å²) in [6.07, 6.45) is 9.64. The zero-order valence-corrected chi connectivity index (χ0v) is 26.8. The van der Waals surface area contributed by atoms with E-state index in [1.807, 2.05) is 41.2 Å². The maximum Gasteiger partial charge on any atom is 0.231 e. The molecule has 4 aromatic heterocycles. The number of imidazole rings is 1. The van der Waals surface area contributed by atoms with Crippen molar-refractivity contribution in [2.75, 3.05) is 75.2 Å². The van der Waals surface area contributed by atoms with Gasteiger partial charge >= 0.3 is 0 Å². The lowest BCUT2D eigenvalue weighted by atomic mass is 9.93. The molecule has 0 aliphatic carbocycles. The number of likely N-dealkylation sites (N-methyl/N-ethyl adjacent to an activating group) is 1. The molecule has 2 atom stereocenters. The normalized spacial score (nSPS) is 21.0. The van der Waals surface area contributed by atoms with E-state index in [4.69, 9.17) is 14.7 Å². The van der Waals surface area contributed by atoms with Crippen molar-refractivity contribution in [2.24, 2.45) is 0 Å². The number of benzene rings is 1. The number of piperazine rings is 1. The Balaban J connectivity index is 1.03. The summed E-state index contributed by atoms with van der Waals surface area (Å²) in [5.74, 6) is 1.93. The molecule has 13 heteroatoms. The summed E-state index contributed by atoms with van der Waals surface area (Å²) in [6.45, 7) is 9.89. The third kappa shape index (κ3) is 5.30. The number of H-pyrrole nitrogens is 1. The Hall–Kier alpha value is -4.12. The first-order valence-electron chi connectivity index (χ1n) is 15.7. The molecular formula is C32H39N10O2P. The van der Waals surface area contributed by atoms with Crippen molar-refractivity contribution < 1.29 is 9.30 Å². The molecule has 0 amide bonds. The van der Waals surface area contributed by atoms with Crippen LogP contribution in [-0.4, -0.2) is 106 Å². The molecule has 0 unspecified atom stereocenters. The highest BCUT2D eigenvalue weighted by molar-refractivity contribution is 7.70. The molecule has 7 heterocycles. The van der Waals surface area contributed by atoms with Gasteiger partial charge in [-0.3, -0.25) is 4.90 Å². The van der Waals surface area contributed by atoms with Crippen LogP contribution in [0.4, 0.5) is 28.8 Å². The summed E-state index contributed by atoms with van der Waals surface area (Å²) in [7, 11) is -0.473. The highest BCUT2D eigenvalue weighted by Crippen LogP contribution is 2.42. The van der Waals surface area contributed by atoms with E-state index in [0.29, 0.717) is 52.7 Å². The molecule has 0 radical (unpaired) electrons. The SMILES string of the molecule is CN1CCN([C@H]2CCN3c4ccc(Nc5nc(Nc6ccn7ccnc7c6P(C)(C)=O)c6cc[nH]c6n5)cc4OC[C@H]3C2)CC1. The van der Waals surface area contributed by atoms with Crippen molar-refractivity contribution >= 4 is 58.0 Å². The van der Waals surface area contributed by atoms with Crippen molar-refractivity contribution in [2.45, 2.75) is 24.9 Å². The highest BCUT2D eigenvalue weighted by atomic mass is 31.2. The topological polar surface area (TPSA) is 119 Å². The Kier molecular flexibility index (Phi) is 6.96. The predicted octanol–water partition coefficient (Wildman–Crippen LogP) is 4.32. The number of fused-ring (bicyclic) bond motifs is 5. The Bertz CT molecular complexity index is 1920. The van der Waals surface area contributed by atoms with Gasteiger partial charge in [0.2, 0.25) is 5.95 Å². The number of aromatic amines is 1. The molecular weight excluding hydrogens is 587 g/mol. The molecule has 12 nitrogen and oxygen atoms in total. The minimum Gasteiger partial charge on any atom is -0.489 e. The van der Waals surface area contributed by atoms with E-state index in [1.54, 1.807) is 19.5 Å². The van der Waals surface area contributed by atoms with Gasteiger partial charge < -0.3 is 39.1 Å². The van der Waals surface area contributed by atoms with Crippen LogP contribution >= 0.6 is 7.14 Å². The molecule has 2 saturated heterocycles. The summed E-state index contributed by atoms with van der Waals surface area (Å²) < 4.78 is 21.6. The lowest BCUT2D eigenvalue weighted by Gasteiger charge is -2.48. The maximum absolute atomic E-state index is 13.4. The number of pyridine rings is 1. The van der Waals surface area contributed by atoms with Crippen LogP contribution in [0.25, 0.3) is 16.7 Å². The Morgan fingerprint density at radius 3 is 2.71 bits per heavy atom. The lowest BCUT2D eigenvalue weighted by Crippen LogP contribution is -2.57. The van der Waals surface area contributed by atoms with Gasteiger partial charge in [0.25, 0.3) is 0 Å². The number of nitrogens with one attached hydrogen (secondary N) is 3. The number of aromatic nitrogens is 5. The number of rotatable bonds is 6. The molecule has 3 aliphatic rings. The van der Waals surface area contributed by atoms with Gasteiger partial charge in [0.05, 0.1) is 28.1 Å². The zero-order chi connectivity index (χ0) is 30.7. The second-order valence-electron chi connectivity index (χ2n) is 12.8. The van der Waals surface area contributed by atoms with Crippen LogP contribution in [0.1, 0.15) is 12.8 Å². The van der Waals surface area contributed by atoms with Gasteiger partial charge in [-0.1, -0.05) is 0 Å². The van der Waals surface area contributed by atoms with Crippen molar-refractivity contribution in [1.82, 2.24) is 34.1 Å². The number of nitrogens with zero attached hydrogens (tertiary/aromatic N) is 7. The van der Waals surface area contributed by atoms with Gasteiger partial charge in [-0.2, -0.15) is 9.97 Å². The van der Waals surface area contributed by atoms with E-state index in [-0.39, 0.29) is 0 Å². The molecule has 3 aliphatic heterocycles. The monoisotopic (exact) mass is 626 g/mol. The van der Waals surface area contributed by atoms with Gasteiger partial charge in [-0.05, 0) is 57.5 Å². The van der Waals surface area contributed by atoms with Crippen LogP contribution in [0, 0.1) is 0 Å². The lowest BCUT2D eigenvalue weighted by molar-refractivity contribution is 0.0822. The Labute approximate surface area is 262 Å². The third-order valence-corrected chi connectivity index (χ3v) is 11.0. The number of ether oxygens (including phenoxy) is 1. The van der Waals surface area contributed by atoms with Crippen LogP contribution in [0.3, 0.4) is 0 Å². The quantitative estimate of drug-likeness (QED) is 0.235. The fourth-order valence-corrected chi connectivity index (χ4v) is 8.47. The van der Waals surface area contributed by atoms with E-state index < -0.39 is 7.14 Å². The first kappa shape index (κ1) is 28.4. The van der Waals surface area contributed by atoms with Crippen LogP contribution in [0.5, 0.6) is 5.75 Å². The van der Waals surface area contributed by atoms with Crippen LogP contribution < -0.4 is 25.6 Å². The second-order valence-corrected chi connectivity index (χ2v) is 16.0. The first-order valence-corrected chi connectivity index (χ1v) is 18.3. The van der Waals surface area contributed by atoms with Crippen molar-refractivity contribution in [1.29, 1.82) is 0 Å². The summed E-state index contributed by atoms with van der Waals surface area (Å²) in [4.78, 5) is 24.9. The first-order chi connectivity index (χ1) is 21.8. The smallest absolute Gasteiger partial charge is 0.231 e. The second kappa shape index (κ2) is 11.0. The van der Waals surface area contributed by atoms with E-state index in [9.17, 15) is 4.57 Å². The molecule has 0 bridgehead atoms. The van der Waals surface area contributed by atoms with E-state index in [0.717, 1.165) is 61.7 Å². The van der Waals surface area contributed by atoms with Crippen LogP contribution in [0.15, 0.2) is 55.1 Å². The largest absolute Gasteiger partial charge is 0.489 e. The van der Waals surface area contributed by atoms with Crippen molar-refractivity contribution in [3.05, 3.63) is 55.1 Å². The summed E-state index contributed by atoms with van der Waals surface area (Å²) in [5.41, 5.74) is 4.08. The fraction of sp³-hybridized carbons (Fsp3) is 0.406. The molecule has 0 spiro atoms. The average molecular weight is 627 g/mol. The standard InChI is InChI=1S/C32H39N10O2P/c1-39-14-16-40(17-15-39)22-7-12-42-23(19-22)20-44-27-18-21(4-5-26(27)42)35-32-37-29-24(6-9-33-29)30(38-32)36-25-8-11-41-13-10-34-31(41)28(25)45(2,3)43/h4-6,8-11,13,18,22-23H,7,12,14-17,19-20H2,1-3H3,(H3,33,35,36,37,38)/t22-,23+/m0/s1. The van der Waals surface area contributed by atoms with Gasteiger partial charge in [-0.25, -0.2) is 4.98 Å². The third-order valence-electron chi connectivity index (χ3n) is 9.44. The molecule has 8 rings (SSSR count). The minimum atomic E-state index is -2.69. The Morgan fingerprint density at radius 1 is 1.00 bits per heavy atom. The number of hydrogen-bond donors (Lipinski definition) is 3. The van der Waals surface area contributed by atoms with Crippen LogP contribution in [0.2, 0.25) is 0 Å². The molecule has 3 N–H and O–H groups in total. The molecule has 0 saturated carbocycles. The summed E-state index contributed by atoms with van der Waals surface area (Å²) >= 11 is 0. The van der Waals surface area contributed by atoms with Crippen molar-refractivity contribution in [3.8, 4) is 5.75 Å². The molecule has 5 aromatic rings. The van der Waals surface area contributed by atoms with E-state index in [1.165, 1.54) is 6.42 Å². The summed E-state index contributed by atoms with van der Waals surface area (Å²) in [6, 6.07) is 11.1. The van der Waals surface area contributed by atoms with Crippen molar-refractivity contribution in [3.63, 3.8) is 0 Å². The zero-order valence-electron chi connectivity index (χ0n) is 25.9. The van der Waals surface area contributed by atoms with Gasteiger partial charge in [0.1, 0.15) is 36.6 Å². The Morgan fingerprint density at radius 2 is 1.87 bits per heavy atom.